The van der Waals surface area contributed by atoms with Crippen LogP contribution < -0.4 is 16.0 Å². The molecule has 0 aliphatic heterocycles. The minimum atomic E-state index is -0.417. The van der Waals surface area contributed by atoms with E-state index in [4.69, 9.17) is 15.0 Å². The average molecular weight is 292 g/mol. The molecule has 5 nitrogen and oxygen atoms in total. The molecule has 0 unspecified atom stereocenters. The minimum Gasteiger partial charge on any atom is -0.497 e. The van der Waals surface area contributed by atoms with E-state index < -0.39 is 5.91 Å². The largest absolute Gasteiger partial charge is 0.497 e. The van der Waals surface area contributed by atoms with Gasteiger partial charge in [0.05, 0.1) is 12.9 Å². The number of hydrogen-bond acceptors (Lipinski definition) is 5. The predicted octanol–water partition coefficient (Wildman–Crippen LogP) is 2.49. The number of nitrogen functional groups attached to an aromatic ring is 1. The number of thioether (sulfide) groups is 1. The van der Waals surface area contributed by atoms with Gasteiger partial charge in [-0.3, -0.25) is 10.2 Å². The zero-order chi connectivity index (χ0) is 14.5. The van der Waals surface area contributed by atoms with E-state index in [1.165, 1.54) is 0 Å². The van der Waals surface area contributed by atoms with Crippen LogP contribution in [-0.2, 0) is 5.75 Å². The molecule has 0 saturated carbocycles. The Morgan fingerprint density at radius 2 is 2.25 bits per heavy atom. The summed E-state index contributed by atoms with van der Waals surface area (Å²) in [5, 5.41) is 0. The average Bonchev–Trinajstić information content (AvgIpc) is 2.85. The first-order valence-corrected chi connectivity index (χ1v) is 6.99. The monoisotopic (exact) mass is 292 g/mol. The summed E-state index contributed by atoms with van der Waals surface area (Å²) in [4.78, 5) is 12.5. The fourth-order valence-electron chi connectivity index (χ4n) is 1.76. The highest BCUT2D eigenvalue weighted by molar-refractivity contribution is 7.98. The highest BCUT2D eigenvalue weighted by Crippen LogP contribution is 2.27. The summed E-state index contributed by atoms with van der Waals surface area (Å²) in [7, 11) is 1.64. The van der Waals surface area contributed by atoms with Crippen LogP contribution in [0.15, 0.2) is 39.6 Å². The van der Waals surface area contributed by atoms with Crippen molar-refractivity contribution < 1.29 is 13.9 Å². The van der Waals surface area contributed by atoms with Crippen LogP contribution in [0.3, 0.4) is 0 Å². The Hall–Kier alpha value is -1.92. The van der Waals surface area contributed by atoms with E-state index in [0.717, 1.165) is 22.0 Å². The summed E-state index contributed by atoms with van der Waals surface area (Å²) in [6, 6.07) is 9.62. The van der Waals surface area contributed by atoms with Crippen LogP contribution >= 0.6 is 11.8 Å². The fourth-order valence-corrected chi connectivity index (χ4v) is 2.58. The fraction of sp³-hybridized carbons (Fsp3) is 0.214. The molecule has 0 bridgehead atoms. The quantitative estimate of drug-likeness (QED) is 0.383. The topological polar surface area (TPSA) is 77.5 Å². The number of amides is 1. The van der Waals surface area contributed by atoms with E-state index in [9.17, 15) is 4.79 Å². The van der Waals surface area contributed by atoms with E-state index in [2.05, 4.69) is 5.43 Å². The number of hydrazine groups is 1. The number of aryl methyl sites for hydroxylation is 1. The summed E-state index contributed by atoms with van der Waals surface area (Å²) < 4.78 is 10.7. The molecule has 0 atom stereocenters. The van der Waals surface area contributed by atoms with E-state index in [1.54, 1.807) is 18.9 Å². The van der Waals surface area contributed by atoms with Gasteiger partial charge in [-0.15, -0.1) is 11.8 Å². The molecular formula is C14H16N2O3S. The molecule has 0 fully saturated rings. The molecule has 0 spiro atoms. The second-order valence-electron chi connectivity index (χ2n) is 4.17. The van der Waals surface area contributed by atoms with Gasteiger partial charge in [0, 0.05) is 10.5 Å². The number of benzene rings is 1. The molecule has 20 heavy (non-hydrogen) atoms. The molecule has 6 heteroatoms. The van der Waals surface area contributed by atoms with Crippen LogP contribution in [0.25, 0.3) is 0 Å². The maximum Gasteiger partial charge on any atom is 0.301 e. The Bertz CT molecular complexity index is 610. The van der Waals surface area contributed by atoms with Gasteiger partial charge in [0.15, 0.2) is 5.76 Å². The number of rotatable bonds is 5. The van der Waals surface area contributed by atoms with Gasteiger partial charge in [-0.05, 0) is 31.2 Å². The number of nitrogens with one attached hydrogen (secondary N) is 1. The van der Waals surface area contributed by atoms with Gasteiger partial charge in [0.25, 0.3) is 0 Å². The maximum absolute atomic E-state index is 11.5. The molecule has 2 rings (SSSR count). The molecule has 106 valence electrons. The molecule has 3 N–H and O–H groups in total. The molecule has 1 aromatic heterocycles. The van der Waals surface area contributed by atoms with E-state index in [-0.39, 0.29) is 5.76 Å². The van der Waals surface area contributed by atoms with Gasteiger partial charge < -0.3 is 9.15 Å². The van der Waals surface area contributed by atoms with Gasteiger partial charge in [-0.25, -0.2) is 5.84 Å². The minimum absolute atomic E-state index is 0.258. The van der Waals surface area contributed by atoms with Crippen molar-refractivity contribution in [1.82, 2.24) is 5.43 Å². The molecule has 0 aliphatic carbocycles. The zero-order valence-corrected chi connectivity index (χ0v) is 12.1. The number of furan rings is 1. The van der Waals surface area contributed by atoms with Gasteiger partial charge in [0.1, 0.15) is 11.5 Å². The normalized spacial score (nSPS) is 10.3. The van der Waals surface area contributed by atoms with Crippen LogP contribution in [0.2, 0.25) is 0 Å². The van der Waals surface area contributed by atoms with Crippen LogP contribution in [-0.4, -0.2) is 13.0 Å². The third-order valence-electron chi connectivity index (χ3n) is 2.73. The van der Waals surface area contributed by atoms with Crippen LogP contribution in [0, 0.1) is 6.92 Å². The van der Waals surface area contributed by atoms with Crippen molar-refractivity contribution in [2.75, 3.05) is 7.11 Å². The van der Waals surface area contributed by atoms with E-state index in [0.29, 0.717) is 5.75 Å². The summed E-state index contributed by atoms with van der Waals surface area (Å²) in [5.74, 6) is 7.12. The van der Waals surface area contributed by atoms with Crippen molar-refractivity contribution in [2.24, 2.45) is 5.84 Å². The number of ether oxygens (including phenoxy) is 1. The third kappa shape index (κ3) is 3.34. The van der Waals surface area contributed by atoms with Crippen molar-refractivity contribution in [3.63, 3.8) is 0 Å². The highest BCUT2D eigenvalue weighted by atomic mass is 32.2. The van der Waals surface area contributed by atoms with Crippen LogP contribution in [0.5, 0.6) is 5.75 Å². The van der Waals surface area contributed by atoms with Gasteiger partial charge in [-0.1, -0.05) is 6.07 Å². The van der Waals surface area contributed by atoms with Crippen molar-refractivity contribution in [2.45, 2.75) is 17.6 Å². The van der Waals surface area contributed by atoms with Gasteiger partial charge >= 0.3 is 5.91 Å². The van der Waals surface area contributed by atoms with E-state index >= 15 is 0 Å². The molecule has 0 aliphatic rings. The maximum atomic E-state index is 11.5. The third-order valence-corrected chi connectivity index (χ3v) is 3.74. The standard InChI is InChI=1S/C14H16N2O3S/c1-9-6-11(19-13(9)14(17)16-15)8-20-12-5-3-4-10(7-12)18-2/h3-7H,8,15H2,1-2H3,(H,16,17). The SMILES string of the molecule is COc1cccc(SCc2cc(C)c(C(=O)NN)o2)c1. The molecule has 1 aromatic carbocycles. The van der Waals surface area contributed by atoms with Gasteiger partial charge in [0.2, 0.25) is 0 Å². The number of nitrogens with two attached hydrogens (primary N) is 1. The molecule has 2 aromatic rings. The van der Waals surface area contributed by atoms with Gasteiger partial charge in [-0.2, -0.15) is 0 Å². The molecule has 1 amide bonds. The summed E-state index contributed by atoms with van der Waals surface area (Å²) in [6.07, 6.45) is 0. The zero-order valence-electron chi connectivity index (χ0n) is 11.3. The first kappa shape index (κ1) is 14.5. The Labute approximate surface area is 121 Å². The lowest BCUT2D eigenvalue weighted by molar-refractivity contribution is 0.0923. The molecular weight excluding hydrogens is 276 g/mol. The number of hydrogen-bond donors (Lipinski definition) is 2. The van der Waals surface area contributed by atoms with Crippen molar-refractivity contribution in [3.8, 4) is 5.75 Å². The lowest BCUT2D eigenvalue weighted by atomic mass is 10.2. The van der Waals surface area contributed by atoms with E-state index in [1.807, 2.05) is 37.3 Å². The highest BCUT2D eigenvalue weighted by Gasteiger charge is 2.14. The smallest absolute Gasteiger partial charge is 0.301 e. The predicted molar refractivity (Wildman–Crippen MR) is 77.7 cm³/mol. The number of carbonyl (C=O) groups excluding carboxylic acids is 1. The van der Waals surface area contributed by atoms with Crippen LogP contribution in [0.1, 0.15) is 21.9 Å². The van der Waals surface area contributed by atoms with Crippen molar-refractivity contribution in [3.05, 3.63) is 47.4 Å². The Kier molecular flexibility index (Phi) is 4.70. The first-order valence-electron chi connectivity index (χ1n) is 6.01. The number of carbonyl (C=O) groups is 1. The molecule has 0 saturated heterocycles. The van der Waals surface area contributed by atoms with Crippen LogP contribution in [0.4, 0.5) is 0 Å². The number of methoxy groups -OCH3 is 1. The summed E-state index contributed by atoms with van der Waals surface area (Å²) in [5.41, 5.74) is 2.84. The lowest BCUT2D eigenvalue weighted by Crippen LogP contribution is -2.30. The van der Waals surface area contributed by atoms with Crippen molar-refractivity contribution in [1.29, 1.82) is 0 Å². The molecule has 0 radical (unpaired) electrons. The Balaban J connectivity index is 2.05. The molecule has 1 heterocycles. The van der Waals surface area contributed by atoms with Crippen molar-refractivity contribution >= 4 is 17.7 Å². The summed E-state index contributed by atoms with van der Waals surface area (Å²) in [6.45, 7) is 1.81. The second kappa shape index (κ2) is 6.49. The summed E-state index contributed by atoms with van der Waals surface area (Å²) >= 11 is 1.61. The Morgan fingerprint density at radius 3 is 2.95 bits per heavy atom. The Morgan fingerprint density at radius 1 is 1.45 bits per heavy atom. The lowest BCUT2D eigenvalue weighted by Gasteiger charge is -2.03. The second-order valence-corrected chi connectivity index (χ2v) is 5.21. The first-order chi connectivity index (χ1) is 9.63.